The van der Waals surface area contributed by atoms with Crippen molar-refractivity contribution in [1.29, 1.82) is 0 Å². The first-order chi connectivity index (χ1) is 17.8. The summed E-state index contributed by atoms with van der Waals surface area (Å²) >= 11 is 0. The molecule has 0 atom stereocenters. The maximum Gasteiger partial charge on any atom is 0.263 e. The molecule has 0 aliphatic carbocycles. The van der Waals surface area contributed by atoms with Gasteiger partial charge >= 0.3 is 0 Å². The van der Waals surface area contributed by atoms with Crippen molar-refractivity contribution in [2.24, 2.45) is 0 Å². The highest BCUT2D eigenvalue weighted by atomic mass is 32.2. The lowest BCUT2D eigenvalue weighted by Crippen LogP contribution is -2.31. The SMILES string of the molecule is CNS(=O)(=O)c1cc(-c2cnc(N)c(Oc3cnn(C4CCN(C)CC4)c3)n2)cc(N2CCCCC2)c1. The van der Waals surface area contributed by atoms with Gasteiger partial charge in [0.25, 0.3) is 5.88 Å². The van der Waals surface area contributed by atoms with Gasteiger partial charge in [0.15, 0.2) is 11.6 Å². The lowest BCUT2D eigenvalue weighted by molar-refractivity contribution is 0.212. The number of nitrogen functional groups attached to an aromatic ring is 1. The molecule has 11 nitrogen and oxygen atoms in total. The van der Waals surface area contributed by atoms with Crippen LogP contribution in [-0.4, -0.2) is 73.3 Å². The summed E-state index contributed by atoms with van der Waals surface area (Å²) in [6, 6.07) is 5.58. The number of ether oxygens (including phenoxy) is 1. The summed E-state index contributed by atoms with van der Waals surface area (Å²) in [5, 5.41) is 4.49. The lowest BCUT2D eigenvalue weighted by Gasteiger charge is -2.29. The van der Waals surface area contributed by atoms with Crippen molar-refractivity contribution in [1.82, 2.24) is 29.4 Å². The molecule has 2 aromatic heterocycles. The van der Waals surface area contributed by atoms with Gasteiger partial charge < -0.3 is 20.3 Å². The van der Waals surface area contributed by atoms with Crippen LogP contribution in [0.4, 0.5) is 11.5 Å². The van der Waals surface area contributed by atoms with Crippen molar-refractivity contribution >= 4 is 21.5 Å². The average Bonchev–Trinajstić information content (AvgIpc) is 3.39. The second-order valence-corrected chi connectivity index (χ2v) is 11.6. The fourth-order valence-electron chi connectivity index (χ4n) is 4.88. The summed E-state index contributed by atoms with van der Waals surface area (Å²) < 4.78 is 35.8. The minimum absolute atomic E-state index is 0.144. The van der Waals surface area contributed by atoms with Crippen LogP contribution in [0.25, 0.3) is 11.3 Å². The normalized spacial score (nSPS) is 17.7. The van der Waals surface area contributed by atoms with E-state index in [-0.39, 0.29) is 16.6 Å². The van der Waals surface area contributed by atoms with Gasteiger partial charge in [-0.2, -0.15) is 5.10 Å². The van der Waals surface area contributed by atoms with E-state index in [0.717, 1.165) is 57.5 Å². The first kappa shape index (κ1) is 25.4. The second kappa shape index (κ2) is 10.6. The molecule has 4 heterocycles. The molecule has 0 bridgehead atoms. The van der Waals surface area contributed by atoms with Gasteiger partial charge in [-0.25, -0.2) is 23.1 Å². The Bertz CT molecular complexity index is 1350. The van der Waals surface area contributed by atoms with Crippen LogP contribution >= 0.6 is 0 Å². The van der Waals surface area contributed by atoms with E-state index in [1.54, 1.807) is 18.3 Å². The van der Waals surface area contributed by atoms with E-state index in [2.05, 4.69) is 36.6 Å². The molecule has 3 aromatic rings. The molecule has 12 heteroatoms. The standard InChI is InChI=1S/C25H34N8O3S/c1-27-37(34,35)22-13-18(12-20(14-22)32-8-4-3-5-9-32)23-16-28-24(26)25(30-23)36-21-15-29-33(17-21)19-6-10-31(2)11-7-19/h12-17,19,27H,3-11H2,1-2H3,(H2,26,28). The number of hydrogen-bond donors (Lipinski definition) is 2. The summed E-state index contributed by atoms with van der Waals surface area (Å²) in [5.74, 6) is 0.825. The number of benzene rings is 1. The van der Waals surface area contributed by atoms with Crippen LogP contribution in [0.1, 0.15) is 38.1 Å². The van der Waals surface area contributed by atoms with Crippen LogP contribution in [-0.2, 0) is 10.0 Å². The molecule has 2 aliphatic rings. The molecule has 0 saturated carbocycles. The number of aromatic nitrogens is 4. The Morgan fingerprint density at radius 2 is 1.81 bits per heavy atom. The maximum absolute atomic E-state index is 12.7. The Labute approximate surface area is 217 Å². The van der Waals surface area contributed by atoms with E-state index >= 15 is 0 Å². The summed E-state index contributed by atoms with van der Waals surface area (Å²) in [4.78, 5) is 13.6. The van der Waals surface area contributed by atoms with Crippen LogP contribution < -0.4 is 20.1 Å². The third kappa shape index (κ3) is 5.71. The van der Waals surface area contributed by atoms with Gasteiger partial charge in [0.2, 0.25) is 10.0 Å². The van der Waals surface area contributed by atoms with Crippen molar-refractivity contribution < 1.29 is 13.2 Å². The smallest absolute Gasteiger partial charge is 0.263 e. The summed E-state index contributed by atoms with van der Waals surface area (Å²) in [6.07, 6.45) is 10.4. The summed E-state index contributed by atoms with van der Waals surface area (Å²) in [6.45, 7) is 3.82. The molecule has 0 spiro atoms. The first-order valence-electron chi connectivity index (χ1n) is 12.7. The molecular formula is C25H34N8O3S. The first-order valence-corrected chi connectivity index (χ1v) is 14.2. The van der Waals surface area contributed by atoms with E-state index < -0.39 is 10.0 Å². The predicted octanol–water partition coefficient (Wildman–Crippen LogP) is 2.88. The number of piperidine rings is 2. The number of anilines is 2. The molecule has 0 amide bonds. The van der Waals surface area contributed by atoms with Crippen LogP contribution in [0.15, 0.2) is 41.7 Å². The molecule has 3 N–H and O–H groups in total. The number of likely N-dealkylation sites (tertiary alicyclic amines) is 1. The number of nitrogens with zero attached hydrogens (tertiary/aromatic N) is 6. The van der Waals surface area contributed by atoms with Gasteiger partial charge in [-0.1, -0.05) is 0 Å². The maximum atomic E-state index is 12.7. The van der Waals surface area contributed by atoms with Gasteiger partial charge in [-0.15, -0.1) is 0 Å². The predicted molar refractivity (Wildman–Crippen MR) is 142 cm³/mol. The van der Waals surface area contributed by atoms with Crippen molar-refractivity contribution in [2.75, 3.05) is 50.9 Å². The Morgan fingerprint density at radius 1 is 1.05 bits per heavy atom. The number of nitrogens with one attached hydrogen (secondary N) is 1. The molecule has 0 radical (unpaired) electrons. The molecule has 2 fully saturated rings. The fraction of sp³-hybridized carbons (Fsp3) is 0.480. The minimum atomic E-state index is -3.66. The van der Waals surface area contributed by atoms with Gasteiger partial charge in [0, 0.05) is 24.3 Å². The molecule has 5 rings (SSSR count). The Morgan fingerprint density at radius 3 is 2.54 bits per heavy atom. The van der Waals surface area contributed by atoms with Gasteiger partial charge in [-0.3, -0.25) is 4.68 Å². The third-order valence-corrected chi connectivity index (χ3v) is 8.50. The van der Waals surface area contributed by atoms with E-state index in [4.69, 9.17) is 10.5 Å². The molecule has 2 aliphatic heterocycles. The number of hydrogen-bond acceptors (Lipinski definition) is 9. The van der Waals surface area contributed by atoms with Gasteiger partial charge in [0.1, 0.15) is 0 Å². The van der Waals surface area contributed by atoms with Gasteiger partial charge in [-0.05, 0) is 77.5 Å². The topological polar surface area (TPSA) is 132 Å². The van der Waals surface area contributed by atoms with Crippen LogP contribution in [0, 0.1) is 0 Å². The minimum Gasteiger partial charge on any atom is -0.433 e. The molecule has 0 unspecified atom stereocenters. The highest BCUT2D eigenvalue weighted by Gasteiger charge is 2.21. The Kier molecular flexibility index (Phi) is 7.31. The van der Waals surface area contributed by atoms with Crippen LogP contribution in [0.5, 0.6) is 11.6 Å². The number of sulfonamides is 1. The largest absolute Gasteiger partial charge is 0.433 e. The monoisotopic (exact) mass is 526 g/mol. The highest BCUT2D eigenvalue weighted by molar-refractivity contribution is 7.89. The van der Waals surface area contributed by atoms with Gasteiger partial charge in [0.05, 0.1) is 35.2 Å². The zero-order chi connectivity index (χ0) is 26.0. The van der Waals surface area contributed by atoms with Crippen molar-refractivity contribution in [2.45, 2.75) is 43.0 Å². The zero-order valence-corrected chi connectivity index (χ0v) is 22.1. The number of nitrogens with two attached hydrogens (primary N) is 1. The van der Waals surface area contributed by atoms with E-state index in [9.17, 15) is 8.42 Å². The van der Waals surface area contributed by atoms with Crippen molar-refractivity contribution in [3.05, 3.63) is 36.8 Å². The van der Waals surface area contributed by atoms with Crippen molar-refractivity contribution in [3.63, 3.8) is 0 Å². The second-order valence-electron chi connectivity index (χ2n) is 9.71. The quantitative estimate of drug-likeness (QED) is 0.477. The van der Waals surface area contributed by atoms with E-state index in [0.29, 0.717) is 23.0 Å². The highest BCUT2D eigenvalue weighted by Crippen LogP contribution is 2.33. The Hall–Kier alpha value is -3.22. The van der Waals surface area contributed by atoms with Crippen LogP contribution in [0.2, 0.25) is 0 Å². The molecule has 198 valence electrons. The van der Waals surface area contributed by atoms with Crippen LogP contribution in [0.3, 0.4) is 0 Å². The van der Waals surface area contributed by atoms with Crippen molar-refractivity contribution in [3.8, 4) is 22.9 Å². The summed E-state index contributed by atoms with van der Waals surface area (Å²) in [7, 11) is -0.130. The third-order valence-electron chi connectivity index (χ3n) is 7.11. The fourth-order valence-corrected chi connectivity index (χ4v) is 5.67. The molecular weight excluding hydrogens is 492 g/mol. The summed E-state index contributed by atoms with van der Waals surface area (Å²) in [5.41, 5.74) is 8.03. The average molecular weight is 527 g/mol. The zero-order valence-electron chi connectivity index (χ0n) is 21.3. The molecule has 1 aromatic carbocycles. The molecule has 37 heavy (non-hydrogen) atoms. The Balaban J connectivity index is 1.44. The van der Waals surface area contributed by atoms with E-state index in [1.165, 1.54) is 19.7 Å². The van der Waals surface area contributed by atoms with E-state index in [1.807, 2.05) is 16.9 Å². The number of rotatable bonds is 7. The molecule has 2 saturated heterocycles. The lowest BCUT2D eigenvalue weighted by atomic mass is 10.1.